The van der Waals surface area contributed by atoms with E-state index in [1.54, 1.807) is 30.3 Å². The predicted molar refractivity (Wildman–Crippen MR) is 107 cm³/mol. The molecule has 0 saturated carbocycles. The number of hydrogen-bond acceptors (Lipinski definition) is 4. The zero-order chi connectivity index (χ0) is 21.0. The molecule has 0 radical (unpaired) electrons. The Hall–Kier alpha value is -2.45. The lowest BCUT2D eigenvalue weighted by atomic mass is 9.99. The fraction of sp³-hybridized carbons (Fsp3) is 0.381. The van der Waals surface area contributed by atoms with Crippen molar-refractivity contribution in [3.8, 4) is 5.75 Å². The van der Waals surface area contributed by atoms with Gasteiger partial charge in [0.2, 0.25) is 15.9 Å². The van der Waals surface area contributed by atoms with Crippen LogP contribution in [0, 0.1) is 18.7 Å². The summed E-state index contributed by atoms with van der Waals surface area (Å²) in [5, 5.41) is 2.82. The molecule has 1 aliphatic heterocycles. The number of benzene rings is 2. The van der Waals surface area contributed by atoms with Gasteiger partial charge in [-0.1, -0.05) is 18.2 Å². The zero-order valence-electron chi connectivity index (χ0n) is 16.5. The van der Waals surface area contributed by atoms with Crippen LogP contribution in [-0.4, -0.2) is 38.8 Å². The van der Waals surface area contributed by atoms with Gasteiger partial charge < -0.3 is 10.1 Å². The van der Waals surface area contributed by atoms with Crippen LogP contribution >= 0.6 is 0 Å². The molecule has 0 unspecified atom stereocenters. The second-order valence-electron chi connectivity index (χ2n) is 7.20. The summed E-state index contributed by atoms with van der Waals surface area (Å²) in [5.74, 6) is -0.682. The number of methoxy groups -OCH3 is 1. The topological polar surface area (TPSA) is 75.7 Å². The fourth-order valence-corrected chi connectivity index (χ4v) is 5.20. The fourth-order valence-electron chi connectivity index (χ4n) is 3.44. The number of carbonyl (C=O) groups excluding carboxylic acids is 1. The lowest BCUT2D eigenvalue weighted by molar-refractivity contribution is -0.126. The van der Waals surface area contributed by atoms with E-state index in [1.165, 1.54) is 23.5 Å². The first-order chi connectivity index (χ1) is 13.8. The van der Waals surface area contributed by atoms with Crippen molar-refractivity contribution >= 4 is 15.9 Å². The average Bonchev–Trinajstić information content (AvgIpc) is 2.73. The van der Waals surface area contributed by atoms with Crippen molar-refractivity contribution in [3.63, 3.8) is 0 Å². The number of aryl methyl sites for hydroxylation is 1. The van der Waals surface area contributed by atoms with Crippen LogP contribution in [0.5, 0.6) is 5.75 Å². The third-order valence-electron chi connectivity index (χ3n) is 5.07. The Balaban J connectivity index is 1.70. The van der Waals surface area contributed by atoms with Crippen LogP contribution in [0.25, 0.3) is 0 Å². The Labute approximate surface area is 170 Å². The summed E-state index contributed by atoms with van der Waals surface area (Å²) in [5.41, 5.74) is 1.60. The largest absolute Gasteiger partial charge is 0.495 e. The van der Waals surface area contributed by atoms with E-state index in [4.69, 9.17) is 4.74 Å². The molecular formula is C21H25FN2O4S. The van der Waals surface area contributed by atoms with Crippen LogP contribution in [0.2, 0.25) is 0 Å². The molecule has 1 fully saturated rings. The number of ether oxygens (including phenoxy) is 1. The van der Waals surface area contributed by atoms with Crippen molar-refractivity contribution < 1.29 is 22.3 Å². The number of amides is 1. The second-order valence-corrected chi connectivity index (χ2v) is 9.11. The van der Waals surface area contributed by atoms with Gasteiger partial charge in [0.05, 0.1) is 13.0 Å². The highest BCUT2D eigenvalue weighted by atomic mass is 32.2. The Kier molecular flexibility index (Phi) is 6.54. The highest BCUT2D eigenvalue weighted by molar-refractivity contribution is 7.89. The van der Waals surface area contributed by atoms with E-state index < -0.39 is 15.9 Å². The molecule has 8 heteroatoms. The minimum atomic E-state index is -3.78. The molecule has 156 valence electrons. The maximum Gasteiger partial charge on any atom is 0.246 e. The number of sulfonamides is 1. The maximum absolute atomic E-state index is 13.2. The summed E-state index contributed by atoms with van der Waals surface area (Å²) in [7, 11) is -2.34. The van der Waals surface area contributed by atoms with Gasteiger partial charge in [0.15, 0.2) is 0 Å². The van der Waals surface area contributed by atoms with Crippen LogP contribution in [-0.2, 0) is 21.4 Å². The van der Waals surface area contributed by atoms with Crippen molar-refractivity contribution in [1.82, 2.24) is 9.62 Å². The Morgan fingerprint density at radius 2 is 1.97 bits per heavy atom. The molecule has 2 aromatic rings. The minimum Gasteiger partial charge on any atom is -0.495 e. The summed E-state index contributed by atoms with van der Waals surface area (Å²) >= 11 is 0. The number of rotatable bonds is 6. The second kappa shape index (κ2) is 8.92. The summed E-state index contributed by atoms with van der Waals surface area (Å²) in [6, 6.07) is 10.9. The number of halogens is 1. The van der Waals surface area contributed by atoms with Crippen molar-refractivity contribution in [1.29, 1.82) is 0 Å². The number of hydrogen-bond donors (Lipinski definition) is 1. The van der Waals surface area contributed by atoms with E-state index >= 15 is 0 Å². The first-order valence-electron chi connectivity index (χ1n) is 9.48. The van der Waals surface area contributed by atoms with E-state index in [0.717, 1.165) is 11.1 Å². The average molecular weight is 421 g/mol. The van der Waals surface area contributed by atoms with Crippen LogP contribution in [0.4, 0.5) is 4.39 Å². The Morgan fingerprint density at radius 1 is 1.24 bits per heavy atom. The molecule has 2 aromatic carbocycles. The number of carbonyl (C=O) groups is 1. The highest BCUT2D eigenvalue weighted by Gasteiger charge is 2.34. The lowest BCUT2D eigenvalue weighted by Crippen LogP contribution is -2.45. The molecule has 1 saturated heterocycles. The van der Waals surface area contributed by atoms with Gasteiger partial charge >= 0.3 is 0 Å². The van der Waals surface area contributed by atoms with Gasteiger partial charge in [-0.3, -0.25) is 4.79 Å². The maximum atomic E-state index is 13.2. The first-order valence-corrected chi connectivity index (χ1v) is 10.9. The minimum absolute atomic E-state index is 0.118. The zero-order valence-corrected chi connectivity index (χ0v) is 17.3. The molecule has 0 bridgehead atoms. The first kappa shape index (κ1) is 21.3. The van der Waals surface area contributed by atoms with Gasteiger partial charge in [0.25, 0.3) is 0 Å². The number of nitrogens with one attached hydrogen (secondary N) is 1. The molecule has 1 aliphatic rings. The van der Waals surface area contributed by atoms with Crippen molar-refractivity contribution in [2.24, 2.45) is 5.92 Å². The number of nitrogens with zero attached hydrogens (tertiary/aromatic N) is 1. The monoisotopic (exact) mass is 420 g/mol. The third kappa shape index (κ3) is 4.94. The molecule has 0 spiro atoms. The van der Waals surface area contributed by atoms with E-state index in [2.05, 4.69) is 5.32 Å². The summed E-state index contributed by atoms with van der Waals surface area (Å²) in [4.78, 5) is 12.7. The van der Waals surface area contributed by atoms with Crippen molar-refractivity contribution in [3.05, 3.63) is 59.4 Å². The molecule has 29 heavy (non-hydrogen) atoms. The molecule has 1 heterocycles. The van der Waals surface area contributed by atoms with Gasteiger partial charge in [-0.25, -0.2) is 12.8 Å². The predicted octanol–water partition coefficient (Wildman–Crippen LogP) is 2.86. The van der Waals surface area contributed by atoms with E-state index in [1.807, 2.05) is 6.92 Å². The molecule has 0 aliphatic carbocycles. The van der Waals surface area contributed by atoms with E-state index in [-0.39, 0.29) is 29.7 Å². The van der Waals surface area contributed by atoms with Crippen LogP contribution in [0.15, 0.2) is 47.4 Å². The summed E-state index contributed by atoms with van der Waals surface area (Å²) in [6.07, 6.45) is 1.22. The highest BCUT2D eigenvalue weighted by Crippen LogP contribution is 2.30. The molecule has 1 atom stereocenters. The normalized spacial score (nSPS) is 17.7. The van der Waals surface area contributed by atoms with Crippen molar-refractivity contribution in [2.45, 2.75) is 31.2 Å². The van der Waals surface area contributed by atoms with Crippen LogP contribution in [0.3, 0.4) is 0 Å². The summed E-state index contributed by atoms with van der Waals surface area (Å²) in [6.45, 7) is 2.57. The standard InChI is InChI=1S/C21H25FN2O4S/c1-15-5-10-19(28-2)20(12-15)29(26,27)24-11-3-4-17(14-24)21(25)23-13-16-6-8-18(22)9-7-16/h5-10,12,17H,3-4,11,13-14H2,1-2H3,(H,23,25)/t17-/m0/s1. The quantitative estimate of drug-likeness (QED) is 0.780. The smallest absolute Gasteiger partial charge is 0.246 e. The lowest BCUT2D eigenvalue weighted by Gasteiger charge is -2.31. The molecule has 1 amide bonds. The Bertz CT molecular complexity index is 977. The summed E-state index contributed by atoms with van der Waals surface area (Å²) < 4.78 is 45.9. The molecule has 6 nitrogen and oxygen atoms in total. The molecular weight excluding hydrogens is 395 g/mol. The number of piperidine rings is 1. The van der Waals surface area contributed by atoms with Crippen LogP contribution < -0.4 is 10.1 Å². The molecule has 3 rings (SSSR count). The molecule has 0 aromatic heterocycles. The van der Waals surface area contributed by atoms with E-state index in [0.29, 0.717) is 25.1 Å². The Morgan fingerprint density at radius 3 is 2.66 bits per heavy atom. The van der Waals surface area contributed by atoms with Crippen molar-refractivity contribution in [2.75, 3.05) is 20.2 Å². The van der Waals surface area contributed by atoms with Gasteiger partial charge in [-0.15, -0.1) is 0 Å². The van der Waals surface area contributed by atoms with Gasteiger partial charge in [-0.05, 0) is 55.2 Å². The SMILES string of the molecule is COc1ccc(C)cc1S(=O)(=O)N1CCC[C@H](C(=O)NCc2ccc(F)cc2)C1. The third-order valence-corrected chi connectivity index (χ3v) is 6.96. The van der Waals surface area contributed by atoms with Gasteiger partial charge in [-0.2, -0.15) is 4.31 Å². The van der Waals surface area contributed by atoms with E-state index in [9.17, 15) is 17.6 Å². The van der Waals surface area contributed by atoms with Gasteiger partial charge in [0, 0.05) is 19.6 Å². The van der Waals surface area contributed by atoms with Crippen LogP contribution in [0.1, 0.15) is 24.0 Å². The van der Waals surface area contributed by atoms with Gasteiger partial charge in [0.1, 0.15) is 16.5 Å². The molecule has 1 N–H and O–H groups in total.